The van der Waals surface area contributed by atoms with Crippen molar-refractivity contribution in [2.45, 2.75) is 38.6 Å². The van der Waals surface area contributed by atoms with E-state index in [2.05, 4.69) is 10.2 Å². The van der Waals surface area contributed by atoms with Gasteiger partial charge in [-0.2, -0.15) is 0 Å². The quantitative estimate of drug-likeness (QED) is 0.855. The fourth-order valence-electron chi connectivity index (χ4n) is 3.96. The van der Waals surface area contributed by atoms with Crippen LogP contribution in [0.15, 0.2) is 17.5 Å². The Kier molecular flexibility index (Phi) is 6.91. The fraction of sp³-hybridized carbons (Fsp3) is 0.684. The lowest BCUT2D eigenvalue weighted by molar-refractivity contribution is 0.0574. The van der Waals surface area contributed by atoms with Gasteiger partial charge >= 0.3 is 6.09 Å². The number of rotatable bonds is 5. The van der Waals surface area contributed by atoms with E-state index in [-0.39, 0.29) is 12.0 Å². The molecular formula is C19H29N3O3S. The van der Waals surface area contributed by atoms with Gasteiger partial charge in [-0.15, -0.1) is 11.3 Å². The van der Waals surface area contributed by atoms with Crippen molar-refractivity contribution in [2.75, 3.05) is 39.3 Å². The van der Waals surface area contributed by atoms with E-state index >= 15 is 0 Å². The Balaban J connectivity index is 1.42. The maximum atomic E-state index is 12.1. The summed E-state index contributed by atoms with van der Waals surface area (Å²) in [5.41, 5.74) is 0. The average Bonchev–Trinajstić information content (AvgIpc) is 3.22. The number of carbonyl (C=O) groups excluding carboxylic acids is 2. The Morgan fingerprint density at radius 2 is 2.08 bits per heavy atom. The van der Waals surface area contributed by atoms with Crippen LogP contribution >= 0.6 is 11.3 Å². The van der Waals surface area contributed by atoms with Gasteiger partial charge in [0, 0.05) is 32.2 Å². The zero-order valence-corrected chi connectivity index (χ0v) is 16.3. The van der Waals surface area contributed by atoms with Crippen molar-refractivity contribution in [3.63, 3.8) is 0 Å². The molecule has 0 spiro atoms. The van der Waals surface area contributed by atoms with Crippen LogP contribution in [0.3, 0.4) is 0 Å². The van der Waals surface area contributed by atoms with Gasteiger partial charge in [0.05, 0.1) is 11.5 Å². The predicted octanol–water partition coefficient (Wildman–Crippen LogP) is 2.81. The van der Waals surface area contributed by atoms with E-state index in [0.717, 1.165) is 50.4 Å². The van der Waals surface area contributed by atoms with Crippen molar-refractivity contribution in [3.8, 4) is 0 Å². The van der Waals surface area contributed by atoms with Gasteiger partial charge in [-0.25, -0.2) is 4.79 Å². The monoisotopic (exact) mass is 379 g/mol. The lowest BCUT2D eigenvalue weighted by Crippen LogP contribution is -2.50. The summed E-state index contributed by atoms with van der Waals surface area (Å²) in [6, 6.07) is 4.31. The second kappa shape index (κ2) is 9.37. The van der Waals surface area contributed by atoms with Crippen molar-refractivity contribution in [2.24, 2.45) is 5.92 Å². The summed E-state index contributed by atoms with van der Waals surface area (Å²) in [5, 5.41) is 5.02. The molecular weight excluding hydrogens is 350 g/mol. The molecule has 3 heterocycles. The summed E-state index contributed by atoms with van der Waals surface area (Å²) in [6.45, 7) is 6.74. The summed E-state index contributed by atoms with van der Waals surface area (Å²) in [5.74, 6) is 0.551. The third-order valence-electron chi connectivity index (χ3n) is 5.35. The third kappa shape index (κ3) is 4.98. The molecule has 1 atom stereocenters. The number of hydrogen-bond donors (Lipinski definition) is 1. The van der Waals surface area contributed by atoms with Gasteiger partial charge in [0.25, 0.3) is 5.91 Å². The zero-order valence-electron chi connectivity index (χ0n) is 15.5. The summed E-state index contributed by atoms with van der Waals surface area (Å²) >= 11 is 1.48. The van der Waals surface area contributed by atoms with E-state index < -0.39 is 0 Å². The largest absolute Gasteiger partial charge is 0.450 e. The molecule has 1 unspecified atom stereocenters. The normalized spacial score (nSPS) is 22.2. The number of carbonyl (C=O) groups is 2. The highest BCUT2D eigenvalue weighted by Gasteiger charge is 2.30. The van der Waals surface area contributed by atoms with Crippen LogP contribution in [0.5, 0.6) is 0 Å². The van der Waals surface area contributed by atoms with Gasteiger partial charge in [0.2, 0.25) is 0 Å². The number of nitrogens with zero attached hydrogens (tertiary/aromatic N) is 2. The summed E-state index contributed by atoms with van der Waals surface area (Å²) < 4.78 is 5.10. The highest BCUT2D eigenvalue weighted by atomic mass is 32.1. The number of piperidine rings is 2. The molecule has 2 aliphatic heterocycles. The molecule has 0 aliphatic carbocycles. The minimum Gasteiger partial charge on any atom is -0.450 e. The molecule has 0 aromatic carbocycles. The first-order valence-electron chi connectivity index (χ1n) is 9.64. The lowest BCUT2D eigenvalue weighted by atomic mass is 9.94. The van der Waals surface area contributed by atoms with Crippen molar-refractivity contribution < 1.29 is 14.3 Å². The van der Waals surface area contributed by atoms with Crippen LogP contribution in [0, 0.1) is 5.92 Å². The highest BCUT2D eigenvalue weighted by molar-refractivity contribution is 7.12. The Bertz CT molecular complexity index is 585. The number of thiophene rings is 1. The van der Waals surface area contributed by atoms with Gasteiger partial charge in [-0.1, -0.05) is 6.07 Å². The second-order valence-corrected chi connectivity index (χ2v) is 8.06. The predicted molar refractivity (Wildman–Crippen MR) is 103 cm³/mol. The van der Waals surface area contributed by atoms with Gasteiger partial charge in [0.15, 0.2) is 0 Å². The first kappa shape index (κ1) is 19.2. The topological polar surface area (TPSA) is 61.9 Å². The van der Waals surface area contributed by atoms with E-state index in [0.29, 0.717) is 18.6 Å². The minimum atomic E-state index is -0.182. The molecule has 3 rings (SSSR count). The van der Waals surface area contributed by atoms with Crippen molar-refractivity contribution in [1.29, 1.82) is 0 Å². The molecule has 0 saturated carbocycles. The van der Waals surface area contributed by atoms with E-state index in [1.807, 2.05) is 29.3 Å². The smallest absolute Gasteiger partial charge is 0.409 e. The summed E-state index contributed by atoms with van der Waals surface area (Å²) in [6.07, 6.45) is 4.18. The summed E-state index contributed by atoms with van der Waals surface area (Å²) in [4.78, 5) is 29.1. The molecule has 1 aromatic heterocycles. The molecule has 2 aliphatic rings. The SMILES string of the molecule is CCOC(=O)N1CCC(N2CCCC(CNC(=O)c3cccs3)C2)CC1. The fourth-order valence-corrected chi connectivity index (χ4v) is 4.60. The molecule has 0 bridgehead atoms. The molecule has 26 heavy (non-hydrogen) atoms. The Morgan fingerprint density at radius 3 is 2.77 bits per heavy atom. The van der Waals surface area contributed by atoms with Gasteiger partial charge < -0.3 is 15.0 Å². The second-order valence-electron chi connectivity index (χ2n) is 7.11. The van der Waals surface area contributed by atoms with Crippen LogP contribution in [0.4, 0.5) is 4.79 Å². The molecule has 0 radical (unpaired) electrons. The van der Waals surface area contributed by atoms with Crippen LogP contribution < -0.4 is 5.32 Å². The molecule has 144 valence electrons. The van der Waals surface area contributed by atoms with Crippen molar-refractivity contribution in [3.05, 3.63) is 22.4 Å². The van der Waals surface area contributed by atoms with Crippen LogP contribution in [-0.4, -0.2) is 67.2 Å². The van der Waals surface area contributed by atoms with E-state index in [9.17, 15) is 9.59 Å². The number of nitrogens with one attached hydrogen (secondary N) is 1. The maximum Gasteiger partial charge on any atom is 0.409 e. The molecule has 1 aromatic rings. The minimum absolute atomic E-state index is 0.0415. The van der Waals surface area contributed by atoms with E-state index in [4.69, 9.17) is 4.74 Å². The van der Waals surface area contributed by atoms with Crippen LogP contribution in [0.2, 0.25) is 0 Å². The molecule has 2 saturated heterocycles. The number of amides is 2. The molecule has 2 amide bonds. The standard InChI is InChI=1S/C19H29N3O3S/c1-2-25-19(24)21-10-7-16(8-11-21)22-9-3-5-15(14-22)13-20-18(23)17-6-4-12-26-17/h4,6,12,15-16H,2-3,5,7-11,13-14H2,1H3,(H,20,23). The number of hydrogen-bond acceptors (Lipinski definition) is 5. The first-order valence-corrected chi connectivity index (χ1v) is 10.5. The van der Waals surface area contributed by atoms with Gasteiger partial charge in [-0.05, 0) is 56.5 Å². The van der Waals surface area contributed by atoms with Crippen molar-refractivity contribution in [1.82, 2.24) is 15.1 Å². The third-order valence-corrected chi connectivity index (χ3v) is 6.22. The zero-order chi connectivity index (χ0) is 18.4. The Labute approximate surface area is 159 Å². The Morgan fingerprint density at radius 1 is 1.27 bits per heavy atom. The molecule has 6 nitrogen and oxygen atoms in total. The number of likely N-dealkylation sites (tertiary alicyclic amines) is 2. The van der Waals surface area contributed by atoms with E-state index in [1.165, 1.54) is 24.2 Å². The van der Waals surface area contributed by atoms with Gasteiger partial charge in [0.1, 0.15) is 0 Å². The molecule has 2 fully saturated rings. The van der Waals surface area contributed by atoms with Crippen molar-refractivity contribution >= 4 is 23.3 Å². The van der Waals surface area contributed by atoms with Gasteiger partial charge in [-0.3, -0.25) is 9.69 Å². The van der Waals surface area contributed by atoms with Crippen LogP contribution in [-0.2, 0) is 4.74 Å². The Hall–Kier alpha value is -1.60. The van der Waals surface area contributed by atoms with Crippen LogP contribution in [0.25, 0.3) is 0 Å². The van der Waals surface area contributed by atoms with E-state index in [1.54, 1.807) is 0 Å². The van der Waals surface area contributed by atoms with Crippen LogP contribution in [0.1, 0.15) is 42.3 Å². The highest BCUT2D eigenvalue weighted by Crippen LogP contribution is 2.24. The average molecular weight is 380 g/mol. The lowest BCUT2D eigenvalue weighted by Gasteiger charge is -2.42. The first-order chi connectivity index (χ1) is 12.7. The molecule has 7 heteroatoms. The molecule has 1 N–H and O–H groups in total. The summed E-state index contributed by atoms with van der Waals surface area (Å²) in [7, 11) is 0. The maximum absolute atomic E-state index is 12.1. The number of ether oxygens (including phenoxy) is 1.